The second-order valence-corrected chi connectivity index (χ2v) is 7.61. The van der Waals surface area contributed by atoms with E-state index in [0.29, 0.717) is 24.7 Å². The van der Waals surface area contributed by atoms with Gasteiger partial charge in [0.05, 0.1) is 5.69 Å². The Kier molecular flexibility index (Phi) is 4.78. The maximum Gasteiger partial charge on any atom is 0.244 e. The largest absolute Gasteiger partial charge is 0.325 e. The molecule has 0 unspecified atom stereocenters. The van der Waals surface area contributed by atoms with Gasteiger partial charge >= 0.3 is 0 Å². The highest BCUT2D eigenvalue weighted by Crippen LogP contribution is 2.32. The van der Waals surface area contributed by atoms with Gasteiger partial charge in [0.15, 0.2) is 0 Å². The average Bonchev–Trinajstić information content (AvgIpc) is 3.23. The first-order chi connectivity index (χ1) is 9.45. The molecule has 1 aliphatic carbocycles. The molecule has 0 radical (unpaired) electrons. The first-order valence-electron chi connectivity index (χ1n) is 7.12. The number of hydrogen-bond acceptors (Lipinski definition) is 4. The van der Waals surface area contributed by atoms with Gasteiger partial charge in [-0.15, -0.1) is 0 Å². The van der Waals surface area contributed by atoms with Gasteiger partial charge in [-0.2, -0.15) is 4.31 Å². The average molecular weight is 297 g/mol. The number of rotatable bonds is 7. The van der Waals surface area contributed by atoms with E-state index >= 15 is 0 Å². The molecule has 0 aromatic carbocycles. The quantitative estimate of drug-likeness (QED) is 0.831. The van der Waals surface area contributed by atoms with Crippen molar-refractivity contribution in [1.29, 1.82) is 0 Å². The lowest BCUT2D eigenvalue weighted by atomic mass is 10.1. The summed E-state index contributed by atoms with van der Waals surface area (Å²) in [6, 6.07) is 3.46. The smallest absolute Gasteiger partial charge is 0.244 e. The molecule has 1 aromatic heterocycles. The fourth-order valence-electron chi connectivity index (χ4n) is 2.07. The van der Waals surface area contributed by atoms with Crippen molar-refractivity contribution < 1.29 is 8.42 Å². The van der Waals surface area contributed by atoms with E-state index in [1.54, 1.807) is 16.4 Å². The van der Waals surface area contributed by atoms with E-state index in [0.717, 1.165) is 19.3 Å². The molecule has 5 nitrogen and oxygen atoms in total. The normalized spacial score (nSPS) is 16.1. The Morgan fingerprint density at radius 3 is 2.55 bits per heavy atom. The number of pyridine rings is 1. The summed E-state index contributed by atoms with van der Waals surface area (Å²) in [5.41, 5.74) is 6.18. The Hall–Kier alpha value is -0.980. The zero-order valence-electron chi connectivity index (χ0n) is 12.1. The van der Waals surface area contributed by atoms with Gasteiger partial charge in [0.2, 0.25) is 10.0 Å². The molecule has 2 rings (SSSR count). The zero-order valence-corrected chi connectivity index (χ0v) is 12.9. The van der Waals surface area contributed by atoms with Crippen molar-refractivity contribution in [3.05, 3.63) is 24.0 Å². The molecule has 6 heteroatoms. The van der Waals surface area contributed by atoms with Crippen molar-refractivity contribution in [3.63, 3.8) is 0 Å². The number of nitrogens with zero attached hydrogens (tertiary/aromatic N) is 2. The minimum Gasteiger partial charge on any atom is -0.325 e. The van der Waals surface area contributed by atoms with Crippen LogP contribution in [0.15, 0.2) is 23.2 Å². The Morgan fingerprint density at radius 2 is 2.10 bits per heavy atom. The lowest BCUT2D eigenvalue weighted by Crippen LogP contribution is -2.34. The molecular weight excluding hydrogens is 274 g/mol. The van der Waals surface area contributed by atoms with Crippen LogP contribution in [0.3, 0.4) is 0 Å². The predicted octanol–water partition coefficient (Wildman–Crippen LogP) is 1.74. The Bertz CT molecular complexity index is 536. The molecule has 0 bridgehead atoms. The lowest BCUT2D eigenvalue weighted by Gasteiger charge is -2.22. The molecule has 0 spiro atoms. The van der Waals surface area contributed by atoms with Crippen molar-refractivity contribution in [2.24, 2.45) is 11.7 Å². The Morgan fingerprint density at radius 1 is 1.40 bits per heavy atom. The molecule has 1 aliphatic rings. The van der Waals surface area contributed by atoms with Crippen LogP contribution >= 0.6 is 0 Å². The van der Waals surface area contributed by atoms with Gasteiger partial charge in [-0.25, -0.2) is 8.42 Å². The van der Waals surface area contributed by atoms with Gasteiger partial charge < -0.3 is 5.73 Å². The van der Waals surface area contributed by atoms with Gasteiger partial charge in [0.25, 0.3) is 0 Å². The molecule has 2 N–H and O–H groups in total. The highest BCUT2D eigenvalue weighted by atomic mass is 32.2. The van der Waals surface area contributed by atoms with E-state index in [-0.39, 0.29) is 10.9 Å². The van der Waals surface area contributed by atoms with E-state index in [2.05, 4.69) is 18.8 Å². The summed E-state index contributed by atoms with van der Waals surface area (Å²) in [5, 5.41) is 0. The summed E-state index contributed by atoms with van der Waals surface area (Å²) < 4.78 is 27.0. The summed E-state index contributed by atoms with van der Waals surface area (Å²) in [5.74, 6) is 0.490. The summed E-state index contributed by atoms with van der Waals surface area (Å²) >= 11 is 0. The van der Waals surface area contributed by atoms with Crippen LogP contribution in [0.25, 0.3) is 0 Å². The predicted molar refractivity (Wildman–Crippen MR) is 78.5 cm³/mol. The molecule has 0 saturated heterocycles. The van der Waals surface area contributed by atoms with E-state index < -0.39 is 10.0 Å². The topological polar surface area (TPSA) is 76.3 Å². The van der Waals surface area contributed by atoms with Crippen LogP contribution in [0.2, 0.25) is 0 Å². The van der Waals surface area contributed by atoms with Crippen molar-refractivity contribution >= 4 is 10.0 Å². The maximum atomic E-state index is 12.7. The number of aromatic nitrogens is 1. The minimum atomic E-state index is -3.43. The van der Waals surface area contributed by atoms with Crippen LogP contribution in [0.5, 0.6) is 0 Å². The summed E-state index contributed by atoms with van der Waals surface area (Å²) in [6.45, 7) is 5.12. The van der Waals surface area contributed by atoms with Crippen molar-refractivity contribution in [2.75, 3.05) is 6.54 Å². The zero-order chi connectivity index (χ0) is 14.8. The van der Waals surface area contributed by atoms with E-state index in [1.165, 1.54) is 6.20 Å². The van der Waals surface area contributed by atoms with Gasteiger partial charge in [-0.1, -0.05) is 13.8 Å². The summed E-state index contributed by atoms with van der Waals surface area (Å²) in [6.07, 6.45) is 4.23. The molecular formula is C14H23N3O2S. The second-order valence-electron chi connectivity index (χ2n) is 5.72. The Labute approximate surface area is 121 Å². The van der Waals surface area contributed by atoms with Crippen molar-refractivity contribution in [3.8, 4) is 0 Å². The van der Waals surface area contributed by atoms with Crippen LogP contribution in [-0.4, -0.2) is 30.3 Å². The fourth-order valence-corrected chi connectivity index (χ4v) is 3.71. The summed E-state index contributed by atoms with van der Waals surface area (Å²) in [7, 11) is -3.43. The third-order valence-electron chi connectivity index (χ3n) is 3.49. The van der Waals surface area contributed by atoms with E-state index in [4.69, 9.17) is 5.73 Å². The van der Waals surface area contributed by atoms with Crippen LogP contribution in [0.1, 0.15) is 38.8 Å². The van der Waals surface area contributed by atoms with Gasteiger partial charge in [0.1, 0.15) is 4.90 Å². The van der Waals surface area contributed by atoms with Gasteiger partial charge in [0, 0.05) is 25.3 Å². The van der Waals surface area contributed by atoms with Crippen LogP contribution < -0.4 is 5.73 Å². The fraction of sp³-hybridized carbons (Fsp3) is 0.643. The monoisotopic (exact) mass is 297 g/mol. The van der Waals surface area contributed by atoms with E-state index in [1.807, 2.05) is 0 Å². The third-order valence-corrected chi connectivity index (χ3v) is 5.43. The molecule has 1 saturated carbocycles. The van der Waals surface area contributed by atoms with Crippen LogP contribution in [0, 0.1) is 5.92 Å². The summed E-state index contributed by atoms with van der Waals surface area (Å²) in [4.78, 5) is 4.36. The lowest BCUT2D eigenvalue weighted by molar-refractivity contribution is 0.373. The first-order valence-corrected chi connectivity index (χ1v) is 8.56. The van der Waals surface area contributed by atoms with Crippen LogP contribution in [0.4, 0.5) is 0 Å². The molecule has 20 heavy (non-hydrogen) atoms. The maximum absolute atomic E-state index is 12.7. The number of sulfonamides is 1. The molecule has 0 aliphatic heterocycles. The Balaban J connectivity index is 2.20. The number of hydrogen-bond donors (Lipinski definition) is 1. The highest BCUT2D eigenvalue weighted by Gasteiger charge is 2.37. The minimum absolute atomic E-state index is 0.174. The molecule has 1 heterocycles. The van der Waals surface area contributed by atoms with Crippen molar-refractivity contribution in [2.45, 2.75) is 50.6 Å². The standard InChI is InChI=1S/C14H23N3O2S/c1-11(2)7-8-17(13-4-5-13)20(18,19)14-6-3-12(9-15)16-10-14/h3,6,10-11,13H,4-5,7-9,15H2,1-2H3. The number of nitrogens with two attached hydrogens (primary N) is 1. The molecule has 0 amide bonds. The molecule has 112 valence electrons. The second kappa shape index (κ2) is 6.20. The molecule has 1 fully saturated rings. The van der Waals surface area contributed by atoms with Crippen molar-refractivity contribution in [1.82, 2.24) is 9.29 Å². The molecule has 1 aromatic rings. The van der Waals surface area contributed by atoms with Gasteiger partial charge in [-0.05, 0) is 37.3 Å². The van der Waals surface area contributed by atoms with E-state index in [9.17, 15) is 8.42 Å². The van der Waals surface area contributed by atoms with Crippen LogP contribution in [-0.2, 0) is 16.6 Å². The third kappa shape index (κ3) is 3.56. The molecule has 0 atom stereocenters. The van der Waals surface area contributed by atoms with Gasteiger partial charge in [-0.3, -0.25) is 4.98 Å². The first kappa shape index (κ1) is 15.4. The SMILES string of the molecule is CC(C)CCN(C1CC1)S(=O)(=O)c1ccc(CN)nc1. The highest BCUT2D eigenvalue weighted by molar-refractivity contribution is 7.89.